The lowest BCUT2D eigenvalue weighted by Gasteiger charge is -2.35. The van der Waals surface area contributed by atoms with E-state index in [1.807, 2.05) is 61.5 Å². The average Bonchev–Trinajstić information content (AvgIpc) is 3.07. The van der Waals surface area contributed by atoms with Gasteiger partial charge in [0, 0.05) is 28.5 Å². The molecule has 0 saturated heterocycles. The fourth-order valence-corrected chi connectivity index (χ4v) is 8.24. The van der Waals surface area contributed by atoms with E-state index in [0.717, 1.165) is 57.6 Å². The van der Waals surface area contributed by atoms with Gasteiger partial charge in [-0.3, -0.25) is 13.9 Å². The number of rotatable bonds is 12. The largest absolute Gasteiger partial charge is 0.352 e. The van der Waals surface area contributed by atoms with E-state index in [0.29, 0.717) is 16.3 Å². The summed E-state index contributed by atoms with van der Waals surface area (Å²) in [4.78, 5) is 30.6. The monoisotopic (exact) mass is 749 g/mol. The van der Waals surface area contributed by atoms with Crippen LogP contribution in [0.4, 0.5) is 5.69 Å². The van der Waals surface area contributed by atoms with Gasteiger partial charge in [0.15, 0.2) is 0 Å². The van der Waals surface area contributed by atoms with Crippen LogP contribution < -0.4 is 9.62 Å². The maximum Gasteiger partial charge on any atom is 0.264 e. The number of carbonyl (C=O) groups excluding carboxylic acids is 2. The molecule has 7 nitrogen and oxygen atoms in total. The van der Waals surface area contributed by atoms with Crippen molar-refractivity contribution in [3.63, 3.8) is 0 Å². The topological polar surface area (TPSA) is 86.8 Å². The molecule has 0 aliphatic heterocycles. The van der Waals surface area contributed by atoms with E-state index in [1.54, 1.807) is 37.3 Å². The van der Waals surface area contributed by atoms with Gasteiger partial charge >= 0.3 is 0 Å². The number of halogens is 2. The lowest BCUT2D eigenvalue weighted by molar-refractivity contribution is -0.140. The number of hydrogen-bond acceptors (Lipinski definition) is 4. The summed E-state index contributed by atoms with van der Waals surface area (Å²) >= 11 is 10.0. The van der Waals surface area contributed by atoms with Gasteiger partial charge in [-0.2, -0.15) is 0 Å². The van der Waals surface area contributed by atoms with Crippen LogP contribution in [0.3, 0.4) is 0 Å². The number of nitrogens with one attached hydrogen (secondary N) is 1. The first-order valence-electron chi connectivity index (χ1n) is 16.3. The van der Waals surface area contributed by atoms with Crippen molar-refractivity contribution in [3.05, 3.63) is 129 Å². The number of nitrogens with zero attached hydrogens (tertiary/aromatic N) is 2. The first kappa shape index (κ1) is 35.6. The summed E-state index contributed by atoms with van der Waals surface area (Å²) in [6, 6.07) is 27.8. The van der Waals surface area contributed by atoms with Crippen LogP contribution >= 0.6 is 27.5 Å². The van der Waals surface area contributed by atoms with Crippen molar-refractivity contribution in [2.45, 2.75) is 75.9 Å². The molecule has 1 aliphatic rings. The molecule has 2 amide bonds. The third-order valence-electron chi connectivity index (χ3n) is 8.86. The van der Waals surface area contributed by atoms with Crippen molar-refractivity contribution in [2.75, 3.05) is 10.8 Å². The number of amides is 2. The van der Waals surface area contributed by atoms with Gasteiger partial charge in [-0.15, -0.1) is 0 Å². The van der Waals surface area contributed by atoms with Crippen LogP contribution in [0.15, 0.2) is 106 Å². The Bertz CT molecular complexity index is 1830. The third kappa shape index (κ3) is 8.87. The quantitative estimate of drug-likeness (QED) is 0.159. The van der Waals surface area contributed by atoms with Gasteiger partial charge in [-0.05, 0) is 79.8 Å². The highest BCUT2D eigenvalue weighted by molar-refractivity contribution is 9.10. The van der Waals surface area contributed by atoms with Crippen LogP contribution in [0.1, 0.15) is 54.4 Å². The molecule has 4 aromatic carbocycles. The summed E-state index contributed by atoms with van der Waals surface area (Å²) < 4.78 is 30.7. The first-order valence-corrected chi connectivity index (χ1v) is 18.9. The molecule has 252 valence electrons. The Labute approximate surface area is 297 Å². The van der Waals surface area contributed by atoms with E-state index >= 15 is 0 Å². The molecule has 1 aliphatic carbocycles. The van der Waals surface area contributed by atoms with Crippen LogP contribution in [-0.4, -0.2) is 43.8 Å². The molecule has 1 fully saturated rings. The van der Waals surface area contributed by atoms with Gasteiger partial charge in [0.25, 0.3) is 10.0 Å². The molecule has 48 heavy (non-hydrogen) atoms. The molecule has 0 heterocycles. The standard InChI is InChI=1S/C38H41BrClN3O4S/c1-27-19-21-33(22-20-27)48(46,47)43(35-18-10-17-34(40)28(35)2)26-37(44)42(25-30-13-9-14-31(39)23-30)36(24-29-11-5-3-6-12-29)38(45)41-32-15-7-4-8-16-32/h3,5-6,9-14,17-23,32,36H,4,7-8,15-16,24-26H2,1-2H3,(H,41,45). The third-order valence-corrected chi connectivity index (χ3v) is 11.5. The second kappa shape index (κ2) is 16.2. The Kier molecular flexibility index (Phi) is 12.0. The maximum atomic E-state index is 14.8. The zero-order valence-electron chi connectivity index (χ0n) is 27.2. The van der Waals surface area contributed by atoms with Crippen molar-refractivity contribution in [2.24, 2.45) is 0 Å². The summed E-state index contributed by atoms with van der Waals surface area (Å²) in [5.74, 6) is -0.759. The Morgan fingerprint density at radius 1 is 0.875 bits per heavy atom. The molecule has 0 radical (unpaired) electrons. The highest BCUT2D eigenvalue weighted by Gasteiger charge is 2.36. The Balaban J connectivity index is 1.59. The predicted molar refractivity (Wildman–Crippen MR) is 196 cm³/mol. The summed E-state index contributed by atoms with van der Waals surface area (Å²) in [5.41, 5.74) is 3.42. The van der Waals surface area contributed by atoms with Crippen LogP contribution in [0.25, 0.3) is 0 Å². The van der Waals surface area contributed by atoms with Crippen molar-refractivity contribution >= 4 is 55.1 Å². The molecular formula is C38H41BrClN3O4S. The van der Waals surface area contributed by atoms with Gasteiger partial charge in [0.1, 0.15) is 12.6 Å². The number of carbonyl (C=O) groups is 2. The number of benzene rings is 4. The number of sulfonamides is 1. The van der Waals surface area contributed by atoms with E-state index in [4.69, 9.17) is 11.6 Å². The second-order valence-corrected chi connectivity index (χ2v) is 15.6. The molecule has 1 N–H and O–H groups in total. The SMILES string of the molecule is Cc1ccc(S(=O)(=O)N(CC(=O)N(Cc2cccc(Br)c2)C(Cc2ccccc2)C(=O)NC2CCCCC2)c2cccc(Cl)c2C)cc1. The molecule has 1 atom stereocenters. The van der Waals surface area contributed by atoms with Crippen LogP contribution in [0, 0.1) is 13.8 Å². The minimum absolute atomic E-state index is 0.0277. The molecule has 4 aromatic rings. The zero-order valence-corrected chi connectivity index (χ0v) is 30.4. The second-order valence-electron chi connectivity index (χ2n) is 12.4. The number of hydrogen-bond donors (Lipinski definition) is 1. The Hall–Kier alpha value is -3.66. The van der Waals surface area contributed by atoms with Gasteiger partial charge in [-0.1, -0.05) is 113 Å². The Morgan fingerprint density at radius 3 is 2.23 bits per heavy atom. The summed E-state index contributed by atoms with van der Waals surface area (Å²) in [6.45, 7) is 3.17. The normalized spacial score (nSPS) is 14.2. The van der Waals surface area contributed by atoms with Crippen LogP contribution in [0.2, 0.25) is 5.02 Å². The van der Waals surface area contributed by atoms with Crippen molar-refractivity contribution in [1.29, 1.82) is 0 Å². The highest BCUT2D eigenvalue weighted by atomic mass is 79.9. The lowest BCUT2D eigenvalue weighted by atomic mass is 9.94. The van der Waals surface area contributed by atoms with Crippen molar-refractivity contribution in [3.8, 4) is 0 Å². The van der Waals surface area contributed by atoms with E-state index in [2.05, 4.69) is 21.2 Å². The highest BCUT2D eigenvalue weighted by Crippen LogP contribution is 2.32. The first-order chi connectivity index (χ1) is 23.0. The van der Waals surface area contributed by atoms with E-state index in [9.17, 15) is 18.0 Å². The minimum atomic E-state index is -4.23. The summed E-state index contributed by atoms with van der Waals surface area (Å²) in [6.07, 6.45) is 5.27. The molecule has 1 saturated carbocycles. The predicted octanol–water partition coefficient (Wildman–Crippen LogP) is 8.00. The minimum Gasteiger partial charge on any atom is -0.352 e. The van der Waals surface area contributed by atoms with E-state index in [-0.39, 0.29) is 29.8 Å². The fraction of sp³-hybridized carbons (Fsp3) is 0.316. The van der Waals surface area contributed by atoms with Crippen LogP contribution in [-0.2, 0) is 32.6 Å². The van der Waals surface area contributed by atoms with Gasteiger partial charge < -0.3 is 10.2 Å². The van der Waals surface area contributed by atoms with Crippen LogP contribution in [0.5, 0.6) is 0 Å². The molecule has 0 spiro atoms. The van der Waals surface area contributed by atoms with Gasteiger partial charge in [0.05, 0.1) is 10.6 Å². The molecule has 1 unspecified atom stereocenters. The van der Waals surface area contributed by atoms with E-state index in [1.165, 1.54) is 17.0 Å². The molecule has 0 aromatic heterocycles. The Morgan fingerprint density at radius 2 is 1.54 bits per heavy atom. The van der Waals surface area contributed by atoms with Gasteiger partial charge in [0.2, 0.25) is 11.8 Å². The lowest BCUT2D eigenvalue weighted by Crippen LogP contribution is -2.55. The zero-order chi connectivity index (χ0) is 34.3. The molecule has 0 bridgehead atoms. The summed E-state index contributed by atoms with van der Waals surface area (Å²) in [5, 5.41) is 3.62. The van der Waals surface area contributed by atoms with E-state index < -0.39 is 28.5 Å². The molecular weight excluding hydrogens is 710 g/mol. The number of anilines is 1. The summed E-state index contributed by atoms with van der Waals surface area (Å²) in [7, 11) is -4.23. The molecule has 5 rings (SSSR count). The smallest absolute Gasteiger partial charge is 0.264 e. The van der Waals surface area contributed by atoms with Crippen molar-refractivity contribution < 1.29 is 18.0 Å². The molecule has 10 heteroatoms. The maximum absolute atomic E-state index is 14.8. The fourth-order valence-electron chi connectivity index (χ4n) is 6.15. The van der Waals surface area contributed by atoms with Crippen molar-refractivity contribution in [1.82, 2.24) is 10.2 Å². The average molecular weight is 751 g/mol. The van der Waals surface area contributed by atoms with Gasteiger partial charge in [-0.25, -0.2) is 8.42 Å². The number of aryl methyl sites for hydroxylation is 1.